The van der Waals surface area contributed by atoms with E-state index >= 15 is 0 Å². The zero-order chi connectivity index (χ0) is 23.8. The molecule has 1 aromatic heterocycles. The number of aryl methyl sites for hydroxylation is 1. The molecule has 2 aromatic carbocycles. The lowest BCUT2D eigenvalue weighted by molar-refractivity contribution is 0.0843. The largest absolute Gasteiger partial charge is 0.490 e. The number of hydrogen-bond acceptors (Lipinski definition) is 6. The maximum absolute atomic E-state index is 12.9. The summed E-state index contributed by atoms with van der Waals surface area (Å²) in [7, 11) is 0. The average molecular weight is 453 g/mol. The van der Waals surface area contributed by atoms with Crippen molar-refractivity contribution in [1.82, 2.24) is 20.6 Å². The van der Waals surface area contributed by atoms with E-state index in [0.717, 1.165) is 6.42 Å². The summed E-state index contributed by atoms with van der Waals surface area (Å²) in [5, 5.41) is 5.03. The van der Waals surface area contributed by atoms with Crippen molar-refractivity contribution in [3.63, 3.8) is 0 Å². The standard InChI is InChI=1S/C24H28N4O5/c1-4-13-28-24(31)18-10-8-7-9-17(18)21(27-28)23(30)26-25-22(29)16-11-12-19(33-14-5-2)20(15-16)32-6-3/h7-12,15H,4-6,13-14H2,1-3H3,(H,25,29)(H,26,30). The van der Waals surface area contributed by atoms with Crippen molar-refractivity contribution in [1.29, 1.82) is 0 Å². The van der Waals surface area contributed by atoms with Crippen LogP contribution in [0.4, 0.5) is 0 Å². The minimum atomic E-state index is -0.627. The molecule has 174 valence electrons. The van der Waals surface area contributed by atoms with E-state index < -0.39 is 11.8 Å². The van der Waals surface area contributed by atoms with Gasteiger partial charge in [0, 0.05) is 17.5 Å². The first-order valence-corrected chi connectivity index (χ1v) is 11.0. The van der Waals surface area contributed by atoms with Crippen LogP contribution < -0.4 is 25.9 Å². The van der Waals surface area contributed by atoms with E-state index in [9.17, 15) is 14.4 Å². The van der Waals surface area contributed by atoms with Gasteiger partial charge in [-0.1, -0.05) is 32.0 Å². The third-order valence-electron chi connectivity index (χ3n) is 4.78. The third-order valence-corrected chi connectivity index (χ3v) is 4.78. The molecule has 0 aliphatic heterocycles. The molecule has 3 aromatic rings. The molecule has 0 radical (unpaired) electrons. The highest BCUT2D eigenvalue weighted by Crippen LogP contribution is 2.28. The number of amides is 2. The Morgan fingerprint density at radius 3 is 2.33 bits per heavy atom. The number of fused-ring (bicyclic) bond motifs is 1. The van der Waals surface area contributed by atoms with Crippen LogP contribution in [0.2, 0.25) is 0 Å². The number of hydrogen-bond donors (Lipinski definition) is 2. The van der Waals surface area contributed by atoms with E-state index in [4.69, 9.17) is 9.47 Å². The number of benzene rings is 2. The van der Waals surface area contributed by atoms with Crippen molar-refractivity contribution in [3.05, 3.63) is 64.1 Å². The summed E-state index contributed by atoms with van der Waals surface area (Å²) in [6, 6.07) is 11.6. The van der Waals surface area contributed by atoms with E-state index in [0.29, 0.717) is 48.5 Å². The van der Waals surface area contributed by atoms with E-state index in [1.54, 1.807) is 42.5 Å². The van der Waals surface area contributed by atoms with Crippen molar-refractivity contribution in [2.45, 2.75) is 40.2 Å². The molecule has 33 heavy (non-hydrogen) atoms. The highest BCUT2D eigenvalue weighted by molar-refractivity contribution is 6.06. The van der Waals surface area contributed by atoms with E-state index in [-0.39, 0.29) is 16.8 Å². The Morgan fingerprint density at radius 2 is 1.64 bits per heavy atom. The Morgan fingerprint density at radius 1 is 0.909 bits per heavy atom. The van der Waals surface area contributed by atoms with Gasteiger partial charge in [-0.15, -0.1) is 0 Å². The van der Waals surface area contributed by atoms with Gasteiger partial charge in [0.15, 0.2) is 17.2 Å². The lowest BCUT2D eigenvalue weighted by Crippen LogP contribution is -2.42. The topological polar surface area (TPSA) is 112 Å². The minimum Gasteiger partial charge on any atom is -0.490 e. The molecule has 0 atom stereocenters. The first-order valence-electron chi connectivity index (χ1n) is 11.0. The Labute approximate surface area is 191 Å². The van der Waals surface area contributed by atoms with Gasteiger partial charge in [-0.2, -0.15) is 5.10 Å². The molecule has 0 unspecified atom stereocenters. The molecule has 0 fully saturated rings. The number of carbonyl (C=O) groups is 2. The van der Waals surface area contributed by atoms with Crippen LogP contribution in [0, 0.1) is 0 Å². The second-order valence-electron chi connectivity index (χ2n) is 7.27. The molecule has 1 heterocycles. The Hall–Kier alpha value is -3.88. The normalized spacial score (nSPS) is 10.6. The summed E-state index contributed by atoms with van der Waals surface area (Å²) in [4.78, 5) is 38.1. The van der Waals surface area contributed by atoms with E-state index in [2.05, 4.69) is 16.0 Å². The minimum absolute atomic E-state index is 0.0530. The molecule has 2 amide bonds. The fraction of sp³-hybridized carbons (Fsp3) is 0.333. The van der Waals surface area contributed by atoms with Crippen LogP contribution in [0.1, 0.15) is 54.5 Å². The number of rotatable bonds is 9. The number of carbonyl (C=O) groups excluding carboxylic acids is 2. The summed E-state index contributed by atoms with van der Waals surface area (Å²) >= 11 is 0. The zero-order valence-electron chi connectivity index (χ0n) is 19.0. The van der Waals surface area contributed by atoms with Crippen LogP contribution in [-0.4, -0.2) is 34.8 Å². The SMILES string of the molecule is CCCOc1ccc(C(=O)NNC(=O)c2nn(CCC)c(=O)c3ccccc23)cc1OCC. The average Bonchev–Trinajstić information content (AvgIpc) is 2.83. The van der Waals surface area contributed by atoms with Crippen molar-refractivity contribution < 1.29 is 19.1 Å². The van der Waals surface area contributed by atoms with Crippen molar-refractivity contribution >= 4 is 22.6 Å². The second-order valence-corrected chi connectivity index (χ2v) is 7.27. The van der Waals surface area contributed by atoms with E-state index in [1.165, 1.54) is 4.68 Å². The van der Waals surface area contributed by atoms with Gasteiger partial charge < -0.3 is 9.47 Å². The van der Waals surface area contributed by atoms with Crippen LogP contribution in [0.25, 0.3) is 10.8 Å². The molecule has 3 rings (SSSR count). The molecule has 0 aliphatic carbocycles. The zero-order valence-corrected chi connectivity index (χ0v) is 19.0. The van der Waals surface area contributed by atoms with Gasteiger partial charge in [-0.05, 0) is 44.0 Å². The molecule has 9 heteroatoms. The maximum atomic E-state index is 12.9. The lowest BCUT2D eigenvalue weighted by atomic mass is 10.1. The molecular weight excluding hydrogens is 424 g/mol. The quantitative estimate of drug-likeness (QED) is 0.483. The van der Waals surface area contributed by atoms with Crippen molar-refractivity contribution in [2.24, 2.45) is 0 Å². The fourth-order valence-electron chi connectivity index (χ4n) is 3.26. The van der Waals surface area contributed by atoms with Gasteiger partial charge in [-0.3, -0.25) is 25.2 Å². The summed E-state index contributed by atoms with van der Waals surface area (Å²) in [6.45, 7) is 7.07. The predicted molar refractivity (Wildman–Crippen MR) is 125 cm³/mol. The number of aromatic nitrogens is 2. The van der Waals surface area contributed by atoms with Crippen molar-refractivity contribution in [3.8, 4) is 11.5 Å². The summed E-state index contributed by atoms with van der Waals surface area (Å²) in [5.74, 6) is -0.160. The van der Waals surface area contributed by atoms with Crippen LogP contribution in [0.3, 0.4) is 0 Å². The number of hydrazine groups is 1. The number of ether oxygens (including phenoxy) is 2. The monoisotopic (exact) mass is 452 g/mol. The molecule has 0 spiro atoms. The Kier molecular flexibility index (Phi) is 8.01. The van der Waals surface area contributed by atoms with Gasteiger partial charge in [0.05, 0.1) is 18.6 Å². The van der Waals surface area contributed by atoms with Crippen LogP contribution in [0.15, 0.2) is 47.3 Å². The maximum Gasteiger partial charge on any atom is 0.290 e. The van der Waals surface area contributed by atoms with Gasteiger partial charge >= 0.3 is 0 Å². The molecule has 2 N–H and O–H groups in total. The molecule has 0 saturated carbocycles. The lowest BCUT2D eigenvalue weighted by Gasteiger charge is -2.14. The smallest absolute Gasteiger partial charge is 0.290 e. The number of nitrogens with zero attached hydrogens (tertiary/aromatic N) is 2. The van der Waals surface area contributed by atoms with E-state index in [1.807, 2.05) is 20.8 Å². The van der Waals surface area contributed by atoms with Gasteiger partial charge in [-0.25, -0.2) is 4.68 Å². The van der Waals surface area contributed by atoms with Gasteiger partial charge in [0.25, 0.3) is 17.4 Å². The Balaban J connectivity index is 1.80. The van der Waals surface area contributed by atoms with Gasteiger partial charge in [0.2, 0.25) is 0 Å². The summed E-state index contributed by atoms with van der Waals surface area (Å²) in [6.07, 6.45) is 1.53. The highest BCUT2D eigenvalue weighted by atomic mass is 16.5. The molecular formula is C24H28N4O5. The van der Waals surface area contributed by atoms with Crippen LogP contribution in [0.5, 0.6) is 11.5 Å². The highest BCUT2D eigenvalue weighted by Gasteiger charge is 2.18. The summed E-state index contributed by atoms with van der Waals surface area (Å²) in [5.41, 5.74) is 4.87. The van der Waals surface area contributed by atoms with Crippen LogP contribution >= 0.6 is 0 Å². The van der Waals surface area contributed by atoms with Crippen molar-refractivity contribution in [2.75, 3.05) is 13.2 Å². The van der Waals surface area contributed by atoms with Crippen LogP contribution in [-0.2, 0) is 6.54 Å². The summed E-state index contributed by atoms with van der Waals surface area (Å²) < 4.78 is 12.5. The molecule has 9 nitrogen and oxygen atoms in total. The Bertz CT molecular complexity index is 1210. The molecule has 0 saturated heterocycles. The molecule has 0 aliphatic rings. The predicted octanol–water partition coefficient (Wildman–Crippen LogP) is 3.07. The number of nitrogens with one attached hydrogen (secondary N) is 2. The fourth-order valence-corrected chi connectivity index (χ4v) is 3.26. The first kappa shape index (κ1) is 23.8. The molecule has 0 bridgehead atoms. The second kappa shape index (κ2) is 11.1. The third kappa shape index (κ3) is 5.49. The van der Waals surface area contributed by atoms with Gasteiger partial charge in [0.1, 0.15) is 0 Å². The first-order chi connectivity index (χ1) is 16.0.